The van der Waals surface area contributed by atoms with Crippen molar-refractivity contribution in [1.82, 2.24) is 4.90 Å². The van der Waals surface area contributed by atoms with Gasteiger partial charge in [0.05, 0.1) is 0 Å². The Morgan fingerprint density at radius 1 is 1.26 bits per heavy atom. The van der Waals surface area contributed by atoms with Crippen LogP contribution in [0.1, 0.15) is 33.1 Å². The van der Waals surface area contributed by atoms with E-state index in [-0.39, 0.29) is 24.1 Å². The summed E-state index contributed by atoms with van der Waals surface area (Å²) in [7, 11) is 0. The van der Waals surface area contributed by atoms with Gasteiger partial charge in [-0.05, 0) is 56.9 Å². The SMILES string of the molecule is CC(C)(Oc1ccc(F)cc1)C(=O)N1CCC(CC(=O)O)CC1. The van der Waals surface area contributed by atoms with Crippen LogP contribution < -0.4 is 4.74 Å². The number of benzene rings is 1. The van der Waals surface area contributed by atoms with Gasteiger partial charge >= 0.3 is 5.97 Å². The van der Waals surface area contributed by atoms with Gasteiger partial charge in [0, 0.05) is 19.5 Å². The fourth-order valence-corrected chi connectivity index (χ4v) is 2.81. The van der Waals surface area contributed by atoms with E-state index in [4.69, 9.17) is 9.84 Å². The third kappa shape index (κ3) is 4.68. The number of carbonyl (C=O) groups is 2. The molecule has 0 unspecified atom stereocenters. The van der Waals surface area contributed by atoms with E-state index in [2.05, 4.69) is 0 Å². The van der Waals surface area contributed by atoms with Gasteiger partial charge in [-0.3, -0.25) is 9.59 Å². The van der Waals surface area contributed by atoms with Crippen molar-refractivity contribution in [3.8, 4) is 5.75 Å². The largest absolute Gasteiger partial charge is 0.481 e. The van der Waals surface area contributed by atoms with Gasteiger partial charge in [-0.1, -0.05) is 0 Å². The second-order valence-corrected chi connectivity index (χ2v) is 6.40. The number of hydrogen-bond acceptors (Lipinski definition) is 3. The summed E-state index contributed by atoms with van der Waals surface area (Å²) in [4.78, 5) is 25.1. The zero-order valence-electron chi connectivity index (χ0n) is 13.4. The molecule has 0 spiro atoms. The minimum atomic E-state index is -1.06. The molecule has 1 N–H and O–H groups in total. The van der Waals surface area contributed by atoms with E-state index in [0.29, 0.717) is 31.7 Å². The zero-order chi connectivity index (χ0) is 17.0. The lowest BCUT2D eigenvalue weighted by molar-refractivity contribution is -0.147. The number of ether oxygens (including phenoxy) is 1. The number of hydrogen-bond donors (Lipinski definition) is 1. The molecule has 126 valence electrons. The first kappa shape index (κ1) is 17.2. The van der Waals surface area contributed by atoms with E-state index in [0.717, 1.165) is 0 Å². The van der Waals surface area contributed by atoms with E-state index >= 15 is 0 Å². The number of rotatable bonds is 5. The highest BCUT2D eigenvalue weighted by Gasteiger charge is 2.36. The van der Waals surface area contributed by atoms with E-state index in [1.165, 1.54) is 24.3 Å². The van der Waals surface area contributed by atoms with Crippen molar-refractivity contribution in [3.05, 3.63) is 30.1 Å². The quantitative estimate of drug-likeness (QED) is 0.905. The monoisotopic (exact) mass is 323 g/mol. The predicted molar refractivity (Wildman–Crippen MR) is 82.7 cm³/mol. The van der Waals surface area contributed by atoms with E-state index in [1.54, 1.807) is 18.7 Å². The number of nitrogens with zero attached hydrogens (tertiary/aromatic N) is 1. The molecule has 1 aromatic rings. The van der Waals surface area contributed by atoms with E-state index in [9.17, 15) is 14.0 Å². The summed E-state index contributed by atoms with van der Waals surface area (Å²) < 4.78 is 18.6. The Kier molecular flexibility index (Phi) is 5.23. The third-order valence-electron chi connectivity index (χ3n) is 4.07. The number of amides is 1. The van der Waals surface area contributed by atoms with Crippen LogP contribution in [0.4, 0.5) is 4.39 Å². The van der Waals surface area contributed by atoms with E-state index < -0.39 is 11.6 Å². The number of halogens is 1. The molecule has 6 heteroatoms. The van der Waals surface area contributed by atoms with Crippen molar-refractivity contribution in [2.24, 2.45) is 5.92 Å². The average Bonchev–Trinajstić information content (AvgIpc) is 2.49. The summed E-state index contributed by atoms with van der Waals surface area (Å²) >= 11 is 0. The molecule has 0 aliphatic carbocycles. The van der Waals surface area contributed by atoms with Crippen LogP contribution in [0, 0.1) is 11.7 Å². The fourth-order valence-electron chi connectivity index (χ4n) is 2.81. The molecule has 1 aliphatic rings. The molecule has 0 radical (unpaired) electrons. The lowest BCUT2D eigenvalue weighted by atomic mass is 9.92. The van der Waals surface area contributed by atoms with Crippen molar-refractivity contribution in [2.75, 3.05) is 13.1 Å². The van der Waals surface area contributed by atoms with Crippen molar-refractivity contribution in [3.63, 3.8) is 0 Å². The van der Waals surface area contributed by atoms with Crippen LogP contribution in [0.15, 0.2) is 24.3 Å². The first-order valence-corrected chi connectivity index (χ1v) is 7.73. The standard InChI is InChI=1S/C17H22FNO4/c1-17(2,23-14-5-3-13(18)4-6-14)16(22)19-9-7-12(8-10-19)11-15(20)21/h3-6,12H,7-11H2,1-2H3,(H,20,21). The molecule has 0 bridgehead atoms. The summed E-state index contributed by atoms with van der Waals surface area (Å²) in [6.07, 6.45) is 1.52. The molecular formula is C17H22FNO4. The van der Waals surface area contributed by atoms with Gasteiger partial charge in [0.15, 0.2) is 5.60 Å². The van der Waals surface area contributed by atoms with Gasteiger partial charge in [0.2, 0.25) is 0 Å². The molecule has 0 aromatic heterocycles. The normalized spacial score (nSPS) is 16.2. The molecular weight excluding hydrogens is 301 g/mol. The first-order valence-electron chi connectivity index (χ1n) is 7.73. The molecule has 2 rings (SSSR count). The maximum atomic E-state index is 12.9. The number of carboxylic acid groups (broad SMARTS) is 1. The summed E-state index contributed by atoms with van der Waals surface area (Å²) in [6, 6.07) is 5.55. The maximum absolute atomic E-state index is 12.9. The van der Waals surface area contributed by atoms with Gasteiger partial charge in [-0.15, -0.1) is 0 Å². The molecule has 0 saturated carbocycles. The molecule has 1 amide bonds. The predicted octanol–water partition coefficient (Wildman–Crippen LogP) is 2.70. The highest BCUT2D eigenvalue weighted by molar-refractivity contribution is 5.85. The summed E-state index contributed by atoms with van der Waals surface area (Å²) in [5, 5.41) is 8.83. The molecule has 23 heavy (non-hydrogen) atoms. The second-order valence-electron chi connectivity index (χ2n) is 6.40. The molecule has 1 aromatic carbocycles. The van der Waals surface area contributed by atoms with Crippen LogP contribution in [0.3, 0.4) is 0 Å². The fraction of sp³-hybridized carbons (Fsp3) is 0.529. The van der Waals surface area contributed by atoms with Crippen LogP contribution in [-0.4, -0.2) is 40.6 Å². The van der Waals surface area contributed by atoms with Crippen LogP contribution >= 0.6 is 0 Å². The Labute approximate surface area is 135 Å². The minimum Gasteiger partial charge on any atom is -0.481 e. The highest BCUT2D eigenvalue weighted by atomic mass is 19.1. The molecule has 5 nitrogen and oxygen atoms in total. The Morgan fingerprint density at radius 2 is 1.83 bits per heavy atom. The summed E-state index contributed by atoms with van der Waals surface area (Å²) in [5.41, 5.74) is -1.06. The summed E-state index contributed by atoms with van der Waals surface area (Å²) in [5.74, 6) is -0.740. The summed E-state index contributed by atoms with van der Waals surface area (Å²) in [6.45, 7) is 4.43. The molecule has 1 saturated heterocycles. The lowest BCUT2D eigenvalue weighted by Crippen LogP contribution is -2.51. The number of piperidine rings is 1. The van der Waals surface area contributed by atoms with Crippen LogP contribution in [0.25, 0.3) is 0 Å². The van der Waals surface area contributed by atoms with Crippen molar-refractivity contribution in [1.29, 1.82) is 0 Å². The molecule has 0 atom stereocenters. The lowest BCUT2D eigenvalue weighted by Gasteiger charge is -2.36. The topological polar surface area (TPSA) is 66.8 Å². The van der Waals surface area contributed by atoms with Crippen molar-refractivity contribution < 1.29 is 23.8 Å². The second kappa shape index (κ2) is 6.98. The number of likely N-dealkylation sites (tertiary alicyclic amines) is 1. The first-order chi connectivity index (χ1) is 10.8. The van der Waals surface area contributed by atoms with Gasteiger partial charge in [-0.2, -0.15) is 0 Å². The van der Waals surface area contributed by atoms with Crippen LogP contribution in [0.2, 0.25) is 0 Å². The molecule has 1 fully saturated rings. The van der Waals surface area contributed by atoms with Crippen LogP contribution in [0.5, 0.6) is 5.75 Å². The Morgan fingerprint density at radius 3 is 2.35 bits per heavy atom. The Bertz CT molecular complexity index is 562. The maximum Gasteiger partial charge on any atom is 0.303 e. The Hall–Kier alpha value is -2.11. The van der Waals surface area contributed by atoms with Crippen molar-refractivity contribution in [2.45, 2.75) is 38.7 Å². The highest BCUT2D eigenvalue weighted by Crippen LogP contribution is 2.25. The number of carboxylic acids is 1. The van der Waals surface area contributed by atoms with E-state index in [1.807, 2.05) is 0 Å². The smallest absolute Gasteiger partial charge is 0.303 e. The number of aliphatic carboxylic acids is 1. The van der Waals surface area contributed by atoms with Gasteiger partial charge in [-0.25, -0.2) is 4.39 Å². The van der Waals surface area contributed by atoms with Gasteiger partial charge in [0.1, 0.15) is 11.6 Å². The number of carbonyl (C=O) groups excluding carboxylic acids is 1. The van der Waals surface area contributed by atoms with Gasteiger partial charge in [0.25, 0.3) is 5.91 Å². The average molecular weight is 323 g/mol. The van der Waals surface area contributed by atoms with Crippen molar-refractivity contribution >= 4 is 11.9 Å². The molecule has 1 heterocycles. The zero-order valence-corrected chi connectivity index (χ0v) is 13.4. The molecule has 1 aliphatic heterocycles. The van der Waals surface area contributed by atoms with Gasteiger partial charge < -0.3 is 14.7 Å². The Balaban J connectivity index is 1.93. The van der Waals surface area contributed by atoms with Crippen LogP contribution in [-0.2, 0) is 9.59 Å². The third-order valence-corrected chi connectivity index (χ3v) is 4.07. The minimum absolute atomic E-state index is 0.123.